The number of thioether (sulfide) groups is 2. The van der Waals surface area contributed by atoms with E-state index in [1.54, 1.807) is 7.11 Å². The van der Waals surface area contributed by atoms with Crippen molar-refractivity contribution in [3.63, 3.8) is 0 Å². The van der Waals surface area contributed by atoms with E-state index in [9.17, 15) is 5.11 Å². The molecule has 7 heteroatoms. The maximum atomic E-state index is 11.2. The van der Waals surface area contributed by atoms with Crippen LogP contribution in [0.15, 0.2) is 11.6 Å². The Morgan fingerprint density at radius 2 is 1.89 bits per heavy atom. The van der Waals surface area contributed by atoms with Crippen LogP contribution in [0.25, 0.3) is 0 Å². The van der Waals surface area contributed by atoms with Gasteiger partial charge in [-0.1, -0.05) is 6.08 Å². The van der Waals surface area contributed by atoms with Crippen LogP contribution in [0.5, 0.6) is 0 Å². The van der Waals surface area contributed by atoms with E-state index in [2.05, 4.69) is 6.08 Å². The smallest absolute Gasteiger partial charge is 0.181 e. The Balaban J connectivity index is 1.44. The first kappa shape index (κ1) is 20.5. The molecule has 0 aromatic carbocycles. The summed E-state index contributed by atoms with van der Waals surface area (Å²) >= 11 is 3.93. The van der Waals surface area contributed by atoms with Gasteiger partial charge in [-0.05, 0) is 56.1 Å². The number of ether oxygens (including phenoxy) is 4. The molecule has 2 spiro atoms. The zero-order valence-electron chi connectivity index (χ0n) is 16.4. The van der Waals surface area contributed by atoms with Crippen LogP contribution < -0.4 is 0 Å². The predicted octanol–water partition coefficient (Wildman–Crippen LogP) is 3.70. The van der Waals surface area contributed by atoms with Gasteiger partial charge in [-0.15, -0.1) is 23.5 Å². The van der Waals surface area contributed by atoms with Crippen molar-refractivity contribution in [2.24, 2.45) is 0 Å². The van der Waals surface area contributed by atoms with Crippen molar-refractivity contribution in [2.75, 3.05) is 31.8 Å². The van der Waals surface area contributed by atoms with Gasteiger partial charge in [0.25, 0.3) is 0 Å². The Hall–Kier alpha value is 0.240. The highest BCUT2D eigenvalue weighted by Crippen LogP contribution is 2.54. The number of aliphatic hydroxyl groups is 1. The Kier molecular flexibility index (Phi) is 6.20. The highest BCUT2D eigenvalue weighted by molar-refractivity contribution is 8.18. The molecule has 3 aliphatic heterocycles. The maximum Gasteiger partial charge on any atom is 0.181 e. The highest BCUT2D eigenvalue weighted by atomic mass is 32.2. The summed E-state index contributed by atoms with van der Waals surface area (Å²) in [6.07, 6.45) is 7.54. The molecule has 0 aromatic heterocycles. The van der Waals surface area contributed by atoms with Gasteiger partial charge >= 0.3 is 0 Å². The van der Waals surface area contributed by atoms with E-state index in [0.717, 1.165) is 62.4 Å². The molecule has 0 radical (unpaired) electrons. The quantitative estimate of drug-likeness (QED) is 0.704. The molecule has 4 aliphatic rings. The molecule has 27 heavy (non-hydrogen) atoms. The second-order valence-electron chi connectivity index (χ2n) is 8.21. The lowest BCUT2D eigenvalue weighted by atomic mass is 9.80. The van der Waals surface area contributed by atoms with Gasteiger partial charge in [0.15, 0.2) is 12.1 Å². The molecule has 0 bridgehead atoms. The molecule has 0 unspecified atom stereocenters. The lowest BCUT2D eigenvalue weighted by Crippen LogP contribution is -2.57. The molecule has 4 rings (SSSR count). The number of methoxy groups -OCH3 is 1. The van der Waals surface area contributed by atoms with Gasteiger partial charge in [-0.3, -0.25) is 0 Å². The monoisotopic (exact) mass is 416 g/mol. The number of rotatable bonds is 3. The fourth-order valence-corrected chi connectivity index (χ4v) is 7.92. The summed E-state index contributed by atoms with van der Waals surface area (Å²) < 4.78 is 24.0. The van der Waals surface area contributed by atoms with Gasteiger partial charge in [0.1, 0.15) is 10.2 Å². The Morgan fingerprint density at radius 1 is 1.15 bits per heavy atom. The Morgan fingerprint density at radius 3 is 2.52 bits per heavy atom. The molecule has 0 aromatic rings. The molecule has 1 aliphatic carbocycles. The van der Waals surface area contributed by atoms with Crippen molar-refractivity contribution in [1.82, 2.24) is 0 Å². The minimum absolute atomic E-state index is 0.0268. The predicted molar refractivity (Wildman–Crippen MR) is 109 cm³/mol. The van der Waals surface area contributed by atoms with Crippen molar-refractivity contribution < 1.29 is 24.1 Å². The average Bonchev–Trinajstić information content (AvgIpc) is 2.71. The normalized spacial score (nSPS) is 37.1. The van der Waals surface area contributed by atoms with E-state index < -0.39 is 17.5 Å². The first-order valence-corrected chi connectivity index (χ1v) is 12.1. The number of aliphatic hydroxyl groups excluding tert-OH is 1. The molecule has 5 nitrogen and oxygen atoms in total. The summed E-state index contributed by atoms with van der Waals surface area (Å²) in [5.41, 5.74) is 0.436. The molecule has 154 valence electrons. The van der Waals surface area contributed by atoms with Gasteiger partial charge in [-0.2, -0.15) is 0 Å². The Labute approximate surface area is 170 Å². The fourth-order valence-electron chi connectivity index (χ4n) is 4.58. The van der Waals surface area contributed by atoms with Gasteiger partial charge in [0.2, 0.25) is 0 Å². The molecule has 0 saturated carbocycles. The SMILES string of the molecule is CO[C@H]1O[C@](C)([C@H](O)C2=CCC3(CC2)OCCCO3)CCC12SCCCS2. The third-order valence-corrected chi connectivity index (χ3v) is 9.78. The van der Waals surface area contributed by atoms with Gasteiger partial charge < -0.3 is 24.1 Å². The van der Waals surface area contributed by atoms with E-state index in [1.165, 1.54) is 6.42 Å². The van der Waals surface area contributed by atoms with Crippen molar-refractivity contribution in [2.45, 2.75) is 79.7 Å². The highest BCUT2D eigenvalue weighted by Gasteiger charge is 2.53. The van der Waals surface area contributed by atoms with Crippen molar-refractivity contribution in [1.29, 1.82) is 0 Å². The van der Waals surface area contributed by atoms with Crippen molar-refractivity contribution in [3.8, 4) is 0 Å². The van der Waals surface area contributed by atoms with Gasteiger partial charge in [0, 0.05) is 20.0 Å². The molecule has 3 fully saturated rings. The topological polar surface area (TPSA) is 57.2 Å². The van der Waals surface area contributed by atoms with E-state index in [4.69, 9.17) is 18.9 Å². The van der Waals surface area contributed by atoms with Crippen LogP contribution in [0.4, 0.5) is 0 Å². The maximum absolute atomic E-state index is 11.2. The summed E-state index contributed by atoms with van der Waals surface area (Å²) in [6.45, 7) is 3.56. The second-order valence-corrected chi connectivity index (χ2v) is 11.3. The molecular weight excluding hydrogens is 384 g/mol. The van der Waals surface area contributed by atoms with Crippen molar-refractivity contribution >= 4 is 23.5 Å². The minimum Gasteiger partial charge on any atom is -0.386 e. The molecule has 3 heterocycles. The molecule has 1 N–H and O–H groups in total. The molecule has 3 atom stereocenters. The van der Waals surface area contributed by atoms with Crippen LogP contribution in [-0.4, -0.2) is 64.8 Å². The van der Waals surface area contributed by atoms with Crippen LogP contribution in [0.3, 0.4) is 0 Å². The number of hydrogen-bond acceptors (Lipinski definition) is 7. The zero-order chi connectivity index (χ0) is 19.0. The largest absolute Gasteiger partial charge is 0.386 e. The van der Waals surface area contributed by atoms with Crippen molar-refractivity contribution in [3.05, 3.63) is 11.6 Å². The Bertz CT molecular complexity index is 557. The third kappa shape index (κ3) is 3.98. The van der Waals surface area contributed by atoms with E-state index in [-0.39, 0.29) is 10.4 Å². The minimum atomic E-state index is -0.618. The third-order valence-electron chi connectivity index (χ3n) is 6.32. The first-order chi connectivity index (χ1) is 13.0. The van der Waals surface area contributed by atoms with Crippen LogP contribution in [0, 0.1) is 0 Å². The molecular formula is C20H32O5S2. The summed E-state index contributed by atoms with van der Waals surface area (Å²) in [5.74, 6) is 1.84. The van der Waals surface area contributed by atoms with Gasteiger partial charge in [0.05, 0.1) is 18.8 Å². The van der Waals surface area contributed by atoms with Gasteiger partial charge in [-0.25, -0.2) is 0 Å². The lowest BCUT2D eigenvalue weighted by Gasteiger charge is -2.52. The standard InChI is InChI=1S/C20H32O5S2/c1-18(9-10-20(17(22-2)25-18)26-13-4-14-27-20)16(21)15-5-7-19(8-6-15)23-11-3-12-24-19/h5,16-17,21H,3-4,6-14H2,1-2H3/t16-,17+,18+/m1/s1. The lowest BCUT2D eigenvalue weighted by molar-refractivity contribution is -0.271. The number of hydrogen-bond donors (Lipinski definition) is 1. The first-order valence-electron chi connectivity index (χ1n) is 10.1. The van der Waals surface area contributed by atoms with Crippen LogP contribution in [0.2, 0.25) is 0 Å². The fraction of sp³-hybridized carbons (Fsp3) is 0.900. The van der Waals surface area contributed by atoms with Crippen LogP contribution >= 0.6 is 23.5 Å². The summed E-state index contributed by atoms with van der Waals surface area (Å²) in [6, 6.07) is 0. The zero-order valence-corrected chi connectivity index (χ0v) is 18.0. The summed E-state index contributed by atoms with van der Waals surface area (Å²) in [5, 5.41) is 11.2. The second kappa shape index (κ2) is 8.17. The van der Waals surface area contributed by atoms with Crippen LogP contribution in [-0.2, 0) is 18.9 Å². The summed E-state index contributed by atoms with van der Waals surface area (Å²) in [4.78, 5) is 0. The van der Waals surface area contributed by atoms with E-state index in [0.29, 0.717) is 6.42 Å². The molecule has 0 amide bonds. The molecule has 3 saturated heterocycles. The van der Waals surface area contributed by atoms with E-state index >= 15 is 0 Å². The van der Waals surface area contributed by atoms with Crippen LogP contribution in [0.1, 0.15) is 51.9 Å². The average molecular weight is 417 g/mol. The van der Waals surface area contributed by atoms with E-state index in [1.807, 2.05) is 30.4 Å². The summed E-state index contributed by atoms with van der Waals surface area (Å²) in [7, 11) is 1.72.